The smallest absolute Gasteiger partial charge is 0.254 e. The van der Waals surface area contributed by atoms with Crippen LogP contribution in [0.5, 0.6) is 0 Å². The Morgan fingerprint density at radius 3 is 3.00 bits per heavy atom. The zero-order valence-corrected chi connectivity index (χ0v) is 9.83. The number of anilines is 1. The second kappa shape index (κ2) is 4.87. The molecule has 0 aliphatic rings. The Labute approximate surface area is 103 Å². The van der Waals surface area contributed by atoms with Crippen LogP contribution in [0.2, 0.25) is 0 Å². The number of halogens is 1. The number of H-pyrrole nitrogens is 1. The number of hydrogen-bond acceptors (Lipinski definition) is 3. The molecule has 0 saturated carbocycles. The maximum absolute atomic E-state index is 13.7. The summed E-state index contributed by atoms with van der Waals surface area (Å²) in [5.41, 5.74) is 6.70. The number of nitrogens with two attached hydrogens (primary N) is 1. The lowest BCUT2D eigenvalue weighted by atomic mass is 10.1. The number of aromatic amines is 1. The van der Waals surface area contributed by atoms with E-state index >= 15 is 0 Å². The maximum Gasteiger partial charge on any atom is 0.254 e. The van der Waals surface area contributed by atoms with Gasteiger partial charge in [0, 0.05) is 12.1 Å². The zero-order valence-electron chi connectivity index (χ0n) is 9.83. The average Bonchev–Trinajstić information content (AvgIpc) is 2.75. The third-order valence-electron chi connectivity index (χ3n) is 2.63. The minimum Gasteiger partial charge on any atom is -0.384 e. The van der Waals surface area contributed by atoms with E-state index in [1.54, 1.807) is 19.1 Å². The van der Waals surface area contributed by atoms with Gasteiger partial charge in [0.15, 0.2) is 0 Å². The molecule has 1 aromatic heterocycles. The standard InChI is InChI=1S/C12H13FN4O/c1-7-3-2-4-9(10(7)13)12(18)15-5-8-6-16-17-11(8)14/h2-4,6H,5H2,1H3,(H,15,18)(H3,14,16,17). The molecule has 0 bridgehead atoms. The van der Waals surface area contributed by atoms with E-state index in [-0.39, 0.29) is 12.1 Å². The monoisotopic (exact) mass is 248 g/mol. The highest BCUT2D eigenvalue weighted by Gasteiger charge is 2.13. The average molecular weight is 248 g/mol. The first-order chi connectivity index (χ1) is 8.59. The van der Waals surface area contributed by atoms with Gasteiger partial charge in [-0.2, -0.15) is 5.10 Å². The molecule has 0 aliphatic carbocycles. The van der Waals surface area contributed by atoms with Crippen LogP contribution >= 0.6 is 0 Å². The number of nitrogens with one attached hydrogen (secondary N) is 2. The molecule has 0 fully saturated rings. The lowest BCUT2D eigenvalue weighted by molar-refractivity contribution is 0.0947. The lowest BCUT2D eigenvalue weighted by Crippen LogP contribution is -2.24. The van der Waals surface area contributed by atoms with Gasteiger partial charge in [0.1, 0.15) is 11.6 Å². The highest BCUT2D eigenvalue weighted by Crippen LogP contribution is 2.12. The summed E-state index contributed by atoms with van der Waals surface area (Å²) in [6.07, 6.45) is 1.52. The van der Waals surface area contributed by atoms with Crippen molar-refractivity contribution in [1.29, 1.82) is 0 Å². The molecule has 5 nitrogen and oxygen atoms in total. The van der Waals surface area contributed by atoms with E-state index in [0.717, 1.165) is 0 Å². The van der Waals surface area contributed by atoms with Crippen molar-refractivity contribution in [1.82, 2.24) is 15.5 Å². The Kier molecular flexibility index (Phi) is 3.27. The van der Waals surface area contributed by atoms with Crippen molar-refractivity contribution in [2.24, 2.45) is 0 Å². The van der Waals surface area contributed by atoms with Crippen LogP contribution in [0.3, 0.4) is 0 Å². The molecule has 4 N–H and O–H groups in total. The van der Waals surface area contributed by atoms with Gasteiger partial charge in [-0.3, -0.25) is 9.89 Å². The van der Waals surface area contributed by atoms with Crippen LogP contribution in [0.25, 0.3) is 0 Å². The Morgan fingerprint density at radius 1 is 1.56 bits per heavy atom. The van der Waals surface area contributed by atoms with Crippen molar-refractivity contribution in [3.63, 3.8) is 0 Å². The van der Waals surface area contributed by atoms with E-state index in [4.69, 9.17) is 5.73 Å². The summed E-state index contributed by atoms with van der Waals surface area (Å²) in [4.78, 5) is 11.8. The van der Waals surface area contributed by atoms with Crippen LogP contribution in [0.1, 0.15) is 21.5 Å². The summed E-state index contributed by atoms with van der Waals surface area (Å²) in [6.45, 7) is 1.81. The van der Waals surface area contributed by atoms with Crippen molar-refractivity contribution in [3.05, 3.63) is 46.9 Å². The highest BCUT2D eigenvalue weighted by atomic mass is 19.1. The first kappa shape index (κ1) is 12.1. The highest BCUT2D eigenvalue weighted by molar-refractivity contribution is 5.94. The molecule has 18 heavy (non-hydrogen) atoms. The fourth-order valence-electron chi connectivity index (χ4n) is 1.56. The number of amides is 1. The summed E-state index contributed by atoms with van der Waals surface area (Å²) < 4.78 is 13.7. The van der Waals surface area contributed by atoms with E-state index in [1.807, 2.05) is 0 Å². The predicted octanol–water partition coefficient (Wildman–Crippen LogP) is 1.37. The van der Waals surface area contributed by atoms with Gasteiger partial charge in [-0.15, -0.1) is 0 Å². The predicted molar refractivity (Wildman–Crippen MR) is 65.3 cm³/mol. The molecule has 1 heterocycles. The van der Waals surface area contributed by atoms with Crippen LogP contribution in [0.4, 0.5) is 10.2 Å². The summed E-state index contributed by atoms with van der Waals surface area (Å²) in [6, 6.07) is 4.69. The molecule has 0 saturated heterocycles. The zero-order chi connectivity index (χ0) is 13.1. The first-order valence-corrected chi connectivity index (χ1v) is 5.40. The van der Waals surface area contributed by atoms with Crippen molar-refractivity contribution >= 4 is 11.7 Å². The lowest BCUT2D eigenvalue weighted by Gasteiger charge is -2.06. The molecule has 2 aromatic rings. The van der Waals surface area contributed by atoms with Crippen LogP contribution < -0.4 is 11.1 Å². The molecule has 0 aliphatic heterocycles. The number of hydrogen-bond donors (Lipinski definition) is 3. The third-order valence-corrected chi connectivity index (χ3v) is 2.63. The van der Waals surface area contributed by atoms with Gasteiger partial charge in [0.25, 0.3) is 5.91 Å². The van der Waals surface area contributed by atoms with E-state index in [9.17, 15) is 9.18 Å². The van der Waals surface area contributed by atoms with E-state index < -0.39 is 11.7 Å². The van der Waals surface area contributed by atoms with Crippen LogP contribution in [-0.2, 0) is 6.54 Å². The summed E-state index contributed by atoms with van der Waals surface area (Å²) >= 11 is 0. The van der Waals surface area contributed by atoms with Gasteiger partial charge in [0.2, 0.25) is 0 Å². The van der Waals surface area contributed by atoms with Gasteiger partial charge < -0.3 is 11.1 Å². The Bertz CT molecular complexity index is 579. The first-order valence-electron chi connectivity index (χ1n) is 5.40. The molecular formula is C12H13FN4O. The molecule has 0 atom stereocenters. The number of nitrogen functional groups attached to an aromatic ring is 1. The van der Waals surface area contributed by atoms with Gasteiger partial charge >= 0.3 is 0 Å². The SMILES string of the molecule is Cc1cccc(C(=O)NCc2cn[nH]c2N)c1F. The third kappa shape index (κ3) is 2.32. The molecule has 6 heteroatoms. The molecule has 0 radical (unpaired) electrons. The maximum atomic E-state index is 13.7. The number of aryl methyl sites for hydroxylation is 1. The van der Waals surface area contributed by atoms with E-state index in [2.05, 4.69) is 15.5 Å². The Balaban J connectivity index is 2.09. The van der Waals surface area contributed by atoms with Gasteiger partial charge in [-0.05, 0) is 18.6 Å². The molecule has 0 unspecified atom stereocenters. The van der Waals surface area contributed by atoms with Crippen molar-refractivity contribution in [2.75, 3.05) is 5.73 Å². The van der Waals surface area contributed by atoms with Gasteiger partial charge in [-0.25, -0.2) is 4.39 Å². The minimum absolute atomic E-state index is 0.0251. The number of aromatic nitrogens is 2. The number of rotatable bonds is 3. The summed E-state index contributed by atoms with van der Waals surface area (Å²) in [7, 11) is 0. The van der Waals surface area contributed by atoms with Crippen LogP contribution in [0, 0.1) is 12.7 Å². The van der Waals surface area contributed by atoms with Crippen molar-refractivity contribution in [2.45, 2.75) is 13.5 Å². The second-order valence-electron chi connectivity index (χ2n) is 3.93. The molecule has 94 valence electrons. The minimum atomic E-state index is -0.504. The molecule has 0 spiro atoms. The molecular weight excluding hydrogens is 235 g/mol. The van der Waals surface area contributed by atoms with Crippen LogP contribution in [0.15, 0.2) is 24.4 Å². The van der Waals surface area contributed by atoms with E-state index in [1.165, 1.54) is 12.3 Å². The topological polar surface area (TPSA) is 83.8 Å². The van der Waals surface area contributed by atoms with Crippen LogP contribution in [-0.4, -0.2) is 16.1 Å². The van der Waals surface area contributed by atoms with Crippen molar-refractivity contribution in [3.8, 4) is 0 Å². The molecule has 2 rings (SSSR count). The Hall–Kier alpha value is -2.37. The normalized spacial score (nSPS) is 10.3. The quantitative estimate of drug-likeness (QED) is 0.767. The van der Waals surface area contributed by atoms with Gasteiger partial charge in [-0.1, -0.05) is 12.1 Å². The number of carbonyl (C=O) groups is 1. The molecule has 1 amide bonds. The fraction of sp³-hybridized carbons (Fsp3) is 0.167. The number of benzene rings is 1. The second-order valence-corrected chi connectivity index (χ2v) is 3.93. The van der Waals surface area contributed by atoms with Gasteiger partial charge in [0.05, 0.1) is 11.8 Å². The largest absolute Gasteiger partial charge is 0.384 e. The van der Waals surface area contributed by atoms with E-state index in [0.29, 0.717) is 16.9 Å². The fourth-order valence-corrected chi connectivity index (χ4v) is 1.56. The Morgan fingerprint density at radius 2 is 2.33 bits per heavy atom. The molecule has 1 aromatic carbocycles. The summed E-state index contributed by atoms with van der Waals surface area (Å²) in [5, 5.41) is 8.88. The van der Waals surface area contributed by atoms with Crippen molar-refractivity contribution < 1.29 is 9.18 Å². The number of nitrogens with zero attached hydrogens (tertiary/aromatic N) is 1. The summed E-state index contributed by atoms with van der Waals surface area (Å²) in [5.74, 6) is -0.591. The number of carbonyl (C=O) groups excluding carboxylic acids is 1.